The van der Waals surface area contributed by atoms with Gasteiger partial charge in [-0.3, -0.25) is 4.79 Å². The summed E-state index contributed by atoms with van der Waals surface area (Å²) >= 11 is 0. The predicted molar refractivity (Wildman–Crippen MR) is 67.3 cm³/mol. The lowest BCUT2D eigenvalue weighted by atomic mass is 10.1. The Hall–Kier alpha value is -2.44. The summed E-state index contributed by atoms with van der Waals surface area (Å²) in [5, 5.41) is 2.21. The number of carbonyl (C=O) groups excluding carboxylic acids is 1. The summed E-state index contributed by atoms with van der Waals surface area (Å²) in [6.07, 6.45) is -3.32. The van der Waals surface area contributed by atoms with Gasteiger partial charge in [-0.05, 0) is 31.2 Å². The van der Waals surface area contributed by atoms with E-state index in [0.29, 0.717) is 5.76 Å². The number of nitrogens with two attached hydrogens (primary N) is 1. The Kier molecular flexibility index (Phi) is 3.44. The Morgan fingerprint density at radius 2 is 2.00 bits per heavy atom. The van der Waals surface area contributed by atoms with Gasteiger partial charge in [0.25, 0.3) is 5.91 Å². The van der Waals surface area contributed by atoms with Crippen molar-refractivity contribution in [2.75, 3.05) is 11.1 Å². The van der Waals surface area contributed by atoms with E-state index < -0.39 is 17.6 Å². The quantitative estimate of drug-likeness (QED) is 0.830. The molecule has 0 saturated heterocycles. The summed E-state index contributed by atoms with van der Waals surface area (Å²) in [7, 11) is 0. The molecule has 1 aromatic carbocycles. The van der Waals surface area contributed by atoms with Crippen molar-refractivity contribution in [1.29, 1.82) is 0 Å². The molecule has 0 radical (unpaired) electrons. The molecule has 1 heterocycles. The molecule has 2 rings (SSSR count). The van der Waals surface area contributed by atoms with Crippen molar-refractivity contribution in [1.82, 2.24) is 0 Å². The van der Waals surface area contributed by atoms with E-state index in [1.807, 2.05) is 0 Å². The molecule has 1 aromatic heterocycles. The lowest BCUT2D eigenvalue weighted by Gasteiger charge is -2.14. The molecule has 0 bridgehead atoms. The number of nitrogens with one attached hydrogen (secondary N) is 1. The maximum atomic E-state index is 12.9. The average Bonchev–Trinajstić information content (AvgIpc) is 2.76. The van der Waals surface area contributed by atoms with Crippen LogP contribution in [0.15, 0.2) is 34.9 Å². The molecule has 0 unspecified atom stereocenters. The van der Waals surface area contributed by atoms with Crippen molar-refractivity contribution in [2.24, 2.45) is 0 Å². The number of carbonyl (C=O) groups is 1. The third kappa shape index (κ3) is 2.76. The molecule has 106 valence electrons. The largest absolute Gasteiger partial charge is 0.469 e. The highest BCUT2D eigenvalue weighted by Gasteiger charge is 2.34. The Morgan fingerprint density at radius 1 is 1.30 bits per heavy atom. The van der Waals surface area contributed by atoms with Gasteiger partial charge in [-0.1, -0.05) is 0 Å². The molecule has 0 aliphatic carbocycles. The van der Waals surface area contributed by atoms with E-state index in [4.69, 9.17) is 10.2 Å². The number of hydrogen-bond acceptors (Lipinski definition) is 3. The zero-order valence-electron chi connectivity index (χ0n) is 10.4. The van der Waals surface area contributed by atoms with Crippen LogP contribution < -0.4 is 11.1 Å². The van der Waals surface area contributed by atoms with Gasteiger partial charge in [0.2, 0.25) is 0 Å². The molecule has 0 atom stereocenters. The molecule has 3 N–H and O–H groups in total. The van der Waals surface area contributed by atoms with Crippen molar-refractivity contribution in [3.63, 3.8) is 0 Å². The first-order valence-corrected chi connectivity index (χ1v) is 5.61. The van der Waals surface area contributed by atoms with E-state index in [1.54, 1.807) is 6.92 Å². The van der Waals surface area contributed by atoms with Crippen LogP contribution in [0.3, 0.4) is 0 Å². The normalized spacial score (nSPS) is 11.4. The molecule has 2 aromatic rings. The summed E-state index contributed by atoms with van der Waals surface area (Å²) in [5.74, 6) is -0.349. The van der Waals surface area contributed by atoms with E-state index in [2.05, 4.69) is 5.32 Å². The van der Waals surface area contributed by atoms with Gasteiger partial charge in [0.15, 0.2) is 0 Å². The number of alkyl halides is 3. The summed E-state index contributed by atoms with van der Waals surface area (Å²) < 4.78 is 43.6. The molecular weight excluding hydrogens is 273 g/mol. The van der Waals surface area contributed by atoms with Crippen LogP contribution in [0.25, 0.3) is 0 Å². The Bertz CT molecular complexity index is 647. The standard InChI is InChI=1S/C13H11F3N2O2/c1-7-9(4-5-20-7)12(19)18-11-3-2-8(17)6-10(11)13(14,15)16/h2-6H,17H2,1H3,(H,18,19). The maximum Gasteiger partial charge on any atom is 0.418 e. The molecule has 4 nitrogen and oxygen atoms in total. The second kappa shape index (κ2) is 4.92. The Morgan fingerprint density at radius 3 is 2.55 bits per heavy atom. The SMILES string of the molecule is Cc1occc1C(=O)Nc1ccc(N)cc1C(F)(F)F. The van der Waals surface area contributed by atoms with Crippen LogP contribution in [0.1, 0.15) is 21.7 Å². The molecular formula is C13H11F3N2O2. The van der Waals surface area contributed by atoms with E-state index in [9.17, 15) is 18.0 Å². The topological polar surface area (TPSA) is 68.3 Å². The number of halogens is 3. The minimum atomic E-state index is -4.61. The zero-order valence-corrected chi connectivity index (χ0v) is 10.4. The molecule has 7 heteroatoms. The van der Waals surface area contributed by atoms with Crippen LogP contribution in [0.5, 0.6) is 0 Å². The number of hydrogen-bond donors (Lipinski definition) is 2. The van der Waals surface area contributed by atoms with Gasteiger partial charge < -0.3 is 15.5 Å². The van der Waals surface area contributed by atoms with Crippen molar-refractivity contribution in [2.45, 2.75) is 13.1 Å². The van der Waals surface area contributed by atoms with Gasteiger partial charge in [-0.2, -0.15) is 13.2 Å². The van der Waals surface area contributed by atoms with E-state index in [1.165, 1.54) is 18.4 Å². The first-order chi connectivity index (χ1) is 9.29. The van der Waals surface area contributed by atoms with E-state index >= 15 is 0 Å². The molecule has 0 fully saturated rings. The van der Waals surface area contributed by atoms with Crippen LogP contribution in [-0.2, 0) is 6.18 Å². The molecule has 0 aliphatic rings. The fraction of sp³-hybridized carbons (Fsp3) is 0.154. The molecule has 20 heavy (non-hydrogen) atoms. The van der Waals surface area contributed by atoms with Gasteiger partial charge in [0, 0.05) is 5.69 Å². The van der Waals surface area contributed by atoms with Crippen molar-refractivity contribution < 1.29 is 22.4 Å². The Balaban J connectivity index is 2.35. The molecule has 0 spiro atoms. The first-order valence-electron chi connectivity index (χ1n) is 5.61. The van der Waals surface area contributed by atoms with Gasteiger partial charge in [0.1, 0.15) is 5.76 Å². The zero-order chi connectivity index (χ0) is 14.9. The number of benzene rings is 1. The van der Waals surface area contributed by atoms with Gasteiger partial charge in [-0.15, -0.1) is 0 Å². The highest BCUT2D eigenvalue weighted by atomic mass is 19.4. The number of furan rings is 1. The highest BCUT2D eigenvalue weighted by Crippen LogP contribution is 2.36. The second-order valence-corrected chi connectivity index (χ2v) is 4.15. The lowest BCUT2D eigenvalue weighted by molar-refractivity contribution is -0.136. The number of anilines is 2. The molecule has 1 amide bonds. The second-order valence-electron chi connectivity index (χ2n) is 4.15. The van der Waals surface area contributed by atoms with Gasteiger partial charge >= 0.3 is 6.18 Å². The average molecular weight is 284 g/mol. The molecule has 0 aliphatic heterocycles. The third-order valence-corrected chi connectivity index (χ3v) is 2.70. The number of rotatable bonds is 2. The van der Waals surface area contributed by atoms with Gasteiger partial charge in [0.05, 0.1) is 23.1 Å². The summed E-state index contributed by atoms with van der Waals surface area (Å²) in [6.45, 7) is 1.54. The fourth-order valence-electron chi connectivity index (χ4n) is 1.72. The van der Waals surface area contributed by atoms with Crippen molar-refractivity contribution in [3.05, 3.63) is 47.4 Å². The third-order valence-electron chi connectivity index (χ3n) is 2.70. The fourth-order valence-corrected chi connectivity index (χ4v) is 1.72. The number of aryl methyl sites for hydroxylation is 1. The maximum absolute atomic E-state index is 12.9. The first kappa shape index (κ1) is 14.0. The van der Waals surface area contributed by atoms with E-state index in [0.717, 1.165) is 12.1 Å². The van der Waals surface area contributed by atoms with Crippen molar-refractivity contribution in [3.8, 4) is 0 Å². The van der Waals surface area contributed by atoms with E-state index in [-0.39, 0.29) is 16.9 Å². The lowest BCUT2D eigenvalue weighted by Crippen LogP contribution is -2.17. The monoisotopic (exact) mass is 284 g/mol. The minimum absolute atomic E-state index is 0.0326. The summed E-state index contributed by atoms with van der Waals surface area (Å²) in [6, 6.07) is 4.56. The Labute approximate surface area is 112 Å². The minimum Gasteiger partial charge on any atom is -0.469 e. The summed E-state index contributed by atoms with van der Waals surface area (Å²) in [4.78, 5) is 11.9. The number of amides is 1. The van der Waals surface area contributed by atoms with Crippen LogP contribution in [0.2, 0.25) is 0 Å². The smallest absolute Gasteiger partial charge is 0.418 e. The summed E-state index contributed by atoms with van der Waals surface area (Å²) in [5.41, 5.74) is 4.15. The van der Waals surface area contributed by atoms with Crippen LogP contribution in [-0.4, -0.2) is 5.91 Å². The molecule has 0 saturated carbocycles. The van der Waals surface area contributed by atoms with Crippen LogP contribution in [0.4, 0.5) is 24.5 Å². The number of nitrogen functional groups attached to an aromatic ring is 1. The van der Waals surface area contributed by atoms with Crippen LogP contribution in [0, 0.1) is 6.92 Å². The van der Waals surface area contributed by atoms with Gasteiger partial charge in [-0.25, -0.2) is 0 Å². The van der Waals surface area contributed by atoms with Crippen LogP contribution >= 0.6 is 0 Å². The predicted octanol–water partition coefficient (Wildman–Crippen LogP) is 3.44. The highest BCUT2D eigenvalue weighted by molar-refractivity contribution is 6.05. The van der Waals surface area contributed by atoms with Crippen molar-refractivity contribution >= 4 is 17.3 Å².